The number of nitrogens with one attached hydrogen (secondary N) is 2. The molecule has 0 unspecified atom stereocenters. The number of nitrogens with zero attached hydrogens (tertiary/aromatic N) is 2. The Morgan fingerprint density at radius 2 is 0.960 bits per heavy atom. The molecule has 6 rings (SSSR count). The van der Waals surface area contributed by atoms with Crippen LogP contribution in [0.5, 0.6) is 0 Å². The zero-order chi connectivity index (χ0) is 36.1. The molecule has 4 heterocycles. The lowest BCUT2D eigenvalue weighted by Crippen LogP contribution is -2.15. The molecule has 256 valence electrons. The van der Waals surface area contributed by atoms with E-state index in [1.165, 1.54) is 22.7 Å². The van der Waals surface area contributed by atoms with E-state index in [0.717, 1.165) is 20.9 Å². The fraction of sp³-hybridized carbons (Fsp3) is 0.158. The minimum absolute atomic E-state index is 0.428. The van der Waals surface area contributed by atoms with Gasteiger partial charge in [-0.1, -0.05) is 72.8 Å². The van der Waals surface area contributed by atoms with Crippen molar-refractivity contribution in [1.29, 1.82) is 0 Å². The molecule has 0 fully saturated rings. The van der Waals surface area contributed by atoms with Crippen LogP contribution in [0.3, 0.4) is 0 Å². The SMILES string of the molecule is CC(C)(O)c1ccc(Nc2sc(-c3ccccc3)cc2C(N)=O)nc1.CC(C)(O)c1ccc(Nc2sc(-c3ccccc3)cc2C(N)=O)nc1. The lowest BCUT2D eigenvalue weighted by atomic mass is 10.0. The first-order chi connectivity index (χ1) is 23.7. The number of hydrogen-bond donors (Lipinski definition) is 6. The highest BCUT2D eigenvalue weighted by molar-refractivity contribution is 7.20. The van der Waals surface area contributed by atoms with Crippen molar-refractivity contribution in [2.45, 2.75) is 38.9 Å². The summed E-state index contributed by atoms with van der Waals surface area (Å²) < 4.78 is 0. The molecule has 0 saturated heterocycles. The molecule has 0 aliphatic carbocycles. The van der Waals surface area contributed by atoms with Crippen LogP contribution >= 0.6 is 22.7 Å². The van der Waals surface area contributed by atoms with Gasteiger partial charge in [0.05, 0.1) is 22.3 Å². The minimum atomic E-state index is -0.951. The molecule has 4 aromatic heterocycles. The largest absolute Gasteiger partial charge is 0.386 e. The molecule has 0 spiro atoms. The maximum atomic E-state index is 11.8. The summed E-state index contributed by atoms with van der Waals surface area (Å²) in [4.78, 5) is 34.1. The van der Waals surface area contributed by atoms with Gasteiger partial charge in [-0.2, -0.15) is 0 Å². The molecule has 8 N–H and O–H groups in total. The molecule has 50 heavy (non-hydrogen) atoms. The molecular formula is C38H38N6O4S2. The molecule has 0 radical (unpaired) electrons. The first-order valence-electron chi connectivity index (χ1n) is 15.6. The van der Waals surface area contributed by atoms with Gasteiger partial charge in [0, 0.05) is 33.3 Å². The number of benzene rings is 2. The number of thiophene rings is 2. The maximum absolute atomic E-state index is 11.8. The number of amides is 2. The summed E-state index contributed by atoms with van der Waals surface area (Å²) in [6.07, 6.45) is 3.22. The molecule has 10 nitrogen and oxygen atoms in total. The highest BCUT2D eigenvalue weighted by Gasteiger charge is 2.20. The van der Waals surface area contributed by atoms with Crippen molar-refractivity contribution in [3.63, 3.8) is 0 Å². The standard InChI is InChI=1S/2C19H19N3O2S/c2*1-19(2,24)13-8-9-16(21-11-13)22-18-14(17(20)23)10-15(25-18)12-6-4-3-5-7-12/h2*3-11,24H,1-2H3,(H2,20,23)(H,21,22). The quantitative estimate of drug-likeness (QED) is 0.0837. The van der Waals surface area contributed by atoms with Crippen LogP contribution in [0.25, 0.3) is 20.9 Å². The Balaban J connectivity index is 0.000000194. The summed E-state index contributed by atoms with van der Waals surface area (Å²) in [5.74, 6) is 0.178. The van der Waals surface area contributed by atoms with E-state index in [2.05, 4.69) is 20.6 Å². The van der Waals surface area contributed by atoms with Crippen LogP contribution in [0, 0.1) is 0 Å². The molecule has 0 bridgehead atoms. The topological polar surface area (TPSA) is 176 Å². The van der Waals surface area contributed by atoms with Crippen LogP contribution in [-0.4, -0.2) is 32.0 Å². The molecule has 12 heteroatoms. The van der Waals surface area contributed by atoms with Gasteiger partial charge in [0.15, 0.2) is 0 Å². The lowest BCUT2D eigenvalue weighted by Gasteiger charge is -2.17. The first-order valence-corrected chi connectivity index (χ1v) is 17.2. The number of aliphatic hydroxyl groups is 2. The van der Waals surface area contributed by atoms with Crippen LogP contribution in [0.4, 0.5) is 21.6 Å². The number of pyridine rings is 2. The monoisotopic (exact) mass is 706 g/mol. The van der Waals surface area contributed by atoms with Crippen molar-refractivity contribution in [1.82, 2.24) is 9.97 Å². The van der Waals surface area contributed by atoms with Gasteiger partial charge in [0.25, 0.3) is 11.8 Å². The fourth-order valence-corrected chi connectivity index (χ4v) is 6.87. The second-order valence-electron chi connectivity index (χ2n) is 12.4. The van der Waals surface area contributed by atoms with Gasteiger partial charge in [-0.15, -0.1) is 22.7 Å². The van der Waals surface area contributed by atoms with Crippen molar-refractivity contribution in [3.8, 4) is 20.9 Å². The summed E-state index contributed by atoms with van der Waals surface area (Å²) in [5.41, 5.74) is 13.5. The van der Waals surface area contributed by atoms with E-state index < -0.39 is 23.0 Å². The number of hydrogen-bond acceptors (Lipinski definition) is 10. The van der Waals surface area contributed by atoms with Crippen LogP contribution in [0.1, 0.15) is 59.5 Å². The van der Waals surface area contributed by atoms with Gasteiger partial charge >= 0.3 is 0 Å². The number of nitrogens with two attached hydrogens (primary N) is 2. The summed E-state index contributed by atoms with van der Waals surface area (Å²) in [6.45, 7) is 6.81. The minimum Gasteiger partial charge on any atom is -0.386 e. The van der Waals surface area contributed by atoms with E-state index in [4.69, 9.17) is 11.5 Å². The number of carbonyl (C=O) groups is 2. The van der Waals surface area contributed by atoms with E-state index in [1.807, 2.05) is 60.7 Å². The lowest BCUT2D eigenvalue weighted by molar-refractivity contribution is 0.0777. The molecule has 6 aromatic rings. The summed E-state index contributed by atoms with van der Waals surface area (Å²) >= 11 is 2.89. The second kappa shape index (κ2) is 15.0. The predicted octanol–water partition coefficient (Wildman–Crippen LogP) is 7.76. The van der Waals surface area contributed by atoms with Crippen molar-refractivity contribution < 1.29 is 19.8 Å². The fourth-order valence-electron chi connectivity index (χ4n) is 4.72. The predicted molar refractivity (Wildman–Crippen MR) is 202 cm³/mol. The number of rotatable bonds is 10. The first kappa shape index (κ1) is 35.9. The van der Waals surface area contributed by atoms with E-state index >= 15 is 0 Å². The third kappa shape index (κ3) is 8.98. The smallest absolute Gasteiger partial charge is 0.251 e. The molecule has 2 aromatic carbocycles. The Morgan fingerprint density at radius 1 is 0.600 bits per heavy atom. The normalized spacial score (nSPS) is 11.3. The number of anilines is 4. The Morgan fingerprint density at radius 3 is 1.24 bits per heavy atom. The van der Waals surface area contributed by atoms with Gasteiger partial charge in [-0.25, -0.2) is 9.97 Å². The van der Waals surface area contributed by atoms with Crippen LogP contribution in [-0.2, 0) is 11.2 Å². The van der Waals surface area contributed by atoms with Crippen molar-refractivity contribution >= 4 is 56.1 Å². The van der Waals surface area contributed by atoms with Crippen LogP contribution < -0.4 is 22.1 Å². The van der Waals surface area contributed by atoms with Crippen LogP contribution in [0.15, 0.2) is 109 Å². The Kier molecular flexibility index (Phi) is 10.8. The van der Waals surface area contributed by atoms with Gasteiger partial charge in [0.1, 0.15) is 21.6 Å². The van der Waals surface area contributed by atoms with E-state index in [0.29, 0.717) is 43.9 Å². The van der Waals surface area contributed by atoms with Gasteiger partial charge < -0.3 is 32.3 Å². The highest BCUT2D eigenvalue weighted by Crippen LogP contribution is 2.38. The van der Waals surface area contributed by atoms with Crippen molar-refractivity contribution in [2.24, 2.45) is 11.5 Å². The van der Waals surface area contributed by atoms with E-state index in [9.17, 15) is 19.8 Å². The molecule has 0 aliphatic rings. The molecule has 0 aliphatic heterocycles. The zero-order valence-corrected chi connectivity index (χ0v) is 29.6. The van der Waals surface area contributed by atoms with Gasteiger partial charge in [0.2, 0.25) is 0 Å². The molecule has 0 atom stereocenters. The van der Waals surface area contributed by atoms with Gasteiger partial charge in [-0.05, 0) is 63.1 Å². The Hall–Kier alpha value is -5.40. The number of carbonyl (C=O) groups excluding carboxylic acids is 2. The summed E-state index contributed by atoms with van der Waals surface area (Å²) in [6, 6.07) is 30.3. The Bertz CT molecular complexity index is 1910. The van der Waals surface area contributed by atoms with Crippen LogP contribution in [0.2, 0.25) is 0 Å². The average Bonchev–Trinajstić information content (AvgIpc) is 3.71. The summed E-state index contributed by atoms with van der Waals surface area (Å²) in [7, 11) is 0. The highest BCUT2D eigenvalue weighted by atomic mass is 32.1. The maximum Gasteiger partial charge on any atom is 0.251 e. The van der Waals surface area contributed by atoms with Crippen molar-refractivity contribution in [2.75, 3.05) is 10.6 Å². The third-order valence-electron chi connectivity index (χ3n) is 7.53. The van der Waals surface area contributed by atoms with Gasteiger partial charge in [-0.3, -0.25) is 9.59 Å². The second-order valence-corrected chi connectivity index (χ2v) is 14.5. The Labute approximate surface area is 298 Å². The molecule has 0 saturated carbocycles. The average molecular weight is 707 g/mol. The summed E-state index contributed by atoms with van der Waals surface area (Å²) in [5, 5.41) is 27.6. The van der Waals surface area contributed by atoms with E-state index in [1.54, 1.807) is 76.5 Å². The zero-order valence-electron chi connectivity index (χ0n) is 28.0. The van der Waals surface area contributed by atoms with E-state index in [-0.39, 0.29) is 0 Å². The molecular weight excluding hydrogens is 669 g/mol. The number of primary amides is 2. The molecule has 2 amide bonds. The van der Waals surface area contributed by atoms with Crippen molar-refractivity contribution in [3.05, 3.63) is 132 Å². The third-order valence-corrected chi connectivity index (χ3v) is 9.73. The number of aromatic nitrogens is 2.